The average Bonchev–Trinajstić information content (AvgIpc) is 2.49. The van der Waals surface area contributed by atoms with E-state index in [1.54, 1.807) is 11.3 Å². The summed E-state index contributed by atoms with van der Waals surface area (Å²) in [4.78, 5) is 0. The van der Waals surface area contributed by atoms with Gasteiger partial charge < -0.3 is 15.1 Å². The molecule has 0 atom stereocenters. The van der Waals surface area contributed by atoms with Gasteiger partial charge in [0.05, 0.1) is 0 Å². The lowest BCUT2D eigenvalue weighted by Gasteiger charge is -2.35. The van der Waals surface area contributed by atoms with E-state index in [1.165, 1.54) is 10.1 Å². The van der Waals surface area contributed by atoms with E-state index in [2.05, 4.69) is 35.7 Å². The summed E-state index contributed by atoms with van der Waals surface area (Å²) in [6.45, 7) is 0. The molecule has 0 fully saturated rings. The number of thiophene rings is 1. The molecule has 0 saturated carbocycles. The summed E-state index contributed by atoms with van der Waals surface area (Å²) < 4.78 is 1.37. The first-order valence-corrected chi connectivity index (χ1v) is 4.48. The fraction of sp³-hybridized carbons (Fsp3) is 0. The quantitative estimate of drug-likeness (QED) is 0.501. The molecule has 1 heterocycles. The van der Waals surface area contributed by atoms with Gasteiger partial charge >= 0.3 is 0 Å². The maximum absolute atomic E-state index is 8.42. The molecule has 13 heavy (non-hydrogen) atoms. The Balaban J connectivity index is 0.000000184. The highest BCUT2D eigenvalue weighted by Gasteiger charge is 1.87. The van der Waals surface area contributed by atoms with Gasteiger partial charge in [-0.1, -0.05) is 18.2 Å². The zero-order chi connectivity index (χ0) is 9.68. The van der Waals surface area contributed by atoms with Crippen LogP contribution in [0.2, 0.25) is 0 Å². The molecular formula is C8H6BO3S-3. The van der Waals surface area contributed by atoms with Crippen molar-refractivity contribution in [2.45, 2.75) is 0 Å². The Hall–Kier alpha value is -0.875. The zero-order valence-electron chi connectivity index (χ0n) is 6.67. The molecule has 0 amide bonds. The molecule has 0 unspecified atom stereocenters. The second kappa shape index (κ2) is 4.99. The van der Waals surface area contributed by atoms with E-state index in [4.69, 9.17) is 15.1 Å². The van der Waals surface area contributed by atoms with Crippen molar-refractivity contribution < 1.29 is 15.1 Å². The van der Waals surface area contributed by atoms with E-state index in [0.29, 0.717) is 0 Å². The van der Waals surface area contributed by atoms with Crippen LogP contribution in [0.15, 0.2) is 35.7 Å². The Bertz CT molecular complexity index is 328. The first-order valence-electron chi connectivity index (χ1n) is 3.60. The van der Waals surface area contributed by atoms with Crippen molar-refractivity contribution in [2.24, 2.45) is 0 Å². The summed E-state index contributed by atoms with van der Waals surface area (Å²) in [6.07, 6.45) is 0. The second-order valence-electron chi connectivity index (χ2n) is 2.25. The average molecular weight is 193 g/mol. The molecule has 3 nitrogen and oxygen atoms in total. The fourth-order valence-corrected chi connectivity index (χ4v) is 1.70. The molecular weight excluding hydrogens is 187 g/mol. The third-order valence-electron chi connectivity index (χ3n) is 1.36. The van der Waals surface area contributed by atoms with Crippen molar-refractivity contribution in [3.05, 3.63) is 35.7 Å². The molecule has 68 valence electrons. The van der Waals surface area contributed by atoms with E-state index >= 15 is 0 Å². The van der Waals surface area contributed by atoms with Gasteiger partial charge in [0.15, 0.2) is 0 Å². The normalized spacial score (nSPS) is 9.15. The van der Waals surface area contributed by atoms with Crippen molar-refractivity contribution in [1.29, 1.82) is 0 Å². The summed E-state index contributed by atoms with van der Waals surface area (Å²) in [6, 6.07) is 10.5. The van der Waals surface area contributed by atoms with Crippen molar-refractivity contribution in [2.75, 3.05) is 0 Å². The van der Waals surface area contributed by atoms with E-state index in [1.807, 2.05) is 0 Å². The van der Waals surface area contributed by atoms with E-state index < -0.39 is 7.32 Å². The molecule has 0 aliphatic heterocycles. The fourth-order valence-electron chi connectivity index (χ4n) is 0.906. The van der Waals surface area contributed by atoms with Crippen LogP contribution in [0.25, 0.3) is 10.1 Å². The first kappa shape index (κ1) is 10.2. The molecule has 1 aromatic carbocycles. The lowest BCUT2D eigenvalue weighted by Crippen LogP contribution is -2.56. The van der Waals surface area contributed by atoms with Crippen LogP contribution in [0.5, 0.6) is 0 Å². The standard InChI is InChI=1S/C8H6S.BO3/c1-2-4-8-7(3-1)5-6-9-8;2-1(3)4/h1-6H;/q;-3. The number of rotatable bonds is 0. The number of hydrogen-bond acceptors (Lipinski definition) is 4. The summed E-state index contributed by atoms with van der Waals surface area (Å²) in [5.41, 5.74) is 0. The SMILES string of the molecule is [O-]B([O-])[O-].c1ccc2sccc2c1. The smallest absolute Gasteiger partial charge is 0.0342 e. The van der Waals surface area contributed by atoms with Crippen LogP contribution in [0.4, 0.5) is 0 Å². The van der Waals surface area contributed by atoms with Crippen molar-refractivity contribution in [1.82, 2.24) is 0 Å². The van der Waals surface area contributed by atoms with Gasteiger partial charge in [0.1, 0.15) is 0 Å². The van der Waals surface area contributed by atoms with Crippen molar-refractivity contribution >= 4 is 28.7 Å². The molecule has 2 aromatic rings. The Kier molecular flexibility index (Phi) is 3.91. The predicted octanol–water partition coefficient (Wildman–Crippen LogP) is -1.05. The van der Waals surface area contributed by atoms with Gasteiger partial charge in [-0.2, -0.15) is 0 Å². The highest BCUT2D eigenvalue weighted by Crippen LogP contribution is 2.18. The third kappa shape index (κ3) is 3.56. The van der Waals surface area contributed by atoms with Gasteiger partial charge in [0.25, 0.3) is 0 Å². The van der Waals surface area contributed by atoms with Crippen LogP contribution in [0.3, 0.4) is 0 Å². The van der Waals surface area contributed by atoms with Gasteiger partial charge in [0, 0.05) is 4.70 Å². The lowest BCUT2D eigenvalue weighted by molar-refractivity contribution is -0.479. The Morgan fingerprint density at radius 2 is 1.62 bits per heavy atom. The van der Waals surface area contributed by atoms with Gasteiger partial charge in [-0.3, -0.25) is 7.32 Å². The molecule has 0 aliphatic rings. The minimum Gasteiger partial charge on any atom is -0.907 e. The van der Waals surface area contributed by atoms with Gasteiger partial charge in [-0.05, 0) is 22.9 Å². The Morgan fingerprint density at radius 1 is 1.00 bits per heavy atom. The van der Waals surface area contributed by atoms with Crippen molar-refractivity contribution in [3.8, 4) is 0 Å². The highest BCUT2D eigenvalue weighted by atomic mass is 32.1. The van der Waals surface area contributed by atoms with Gasteiger partial charge in [-0.25, -0.2) is 0 Å². The van der Waals surface area contributed by atoms with E-state index in [0.717, 1.165) is 0 Å². The summed E-state index contributed by atoms with van der Waals surface area (Å²) in [7, 11) is -2.92. The predicted molar refractivity (Wildman–Crippen MR) is 47.6 cm³/mol. The first-order chi connectivity index (χ1) is 6.20. The molecule has 0 bridgehead atoms. The van der Waals surface area contributed by atoms with Crippen LogP contribution in [-0.2, 0) is 0 Å². The van der Waals surface area contributed by atoms with Gasteiger partial charge in [0.2, 0.25) is 0 Å². The molecule has 1 aromatic heterocycles. The minimum absolute atomic E-state index is 1.35. The maximum Gasteiger partial charge on any atom is 0.0342 e. The van der Waals surface area contributed by atoms with Crippen molar-refractivity contribution in [3.63, 3.8) is 0 Å². The second-order valence-corrected chi connectivity index (χ2v) is 3.19. The highest BCUT2D eigenvalue weighted by molar-refractivity contribution is 7.17. The molecule has 0 saturated heterocycles. The summed E-state index contributed by atoms with van der Waals surface area (Å²) in [5.74, 6) is 0. The van der Waals surface area contributed by atoms with Crippen LogP contribution >= 0.6 is 11.3 Å². The zero-order valence-corrected chi connectivity index (χ0v) is 7.49. The van der Waals surface area contributed by atoms with E-state index in [-0.39, 0.29) is 0 Å². The molecule has 0 aliphatic carbocycles. The topological polar surface area (TPSA) is 69.2 Å². The van der Waals surface area contributed by atoms with E-state index in [9.17, 15) is 0 Å². The number of fused-ring (bicyclic) bond motifs is 1. The lowest BCUT2D eigenvalue weighted by atomic mass is 10.3. The monoisotopic (exact) mass is 193 g/mol. The maximum atomic E-state index is 8.42. The number of hydrogen-bond donors (Lipinski definition) is 0. The van der Waals surface area contributed by atoms with Crippen LogP contribution in [0.1, 0.15) is 0 Å². The molecule has 0 N–H and O–H groups in total. The molecule has 0 radical (unpaired) electrons. The Morgan fingerprint density at radius 3 is 2.23 bits per heavy atom. The van der Waals surface area contributed by atoms with Crippen LogP contribution in [0, 0.1) is 0 Å². The minimum atomic E-state index is -2.92. The third-order valence-corrected chi connectivity index (χ3v) is 2.26. The Labute approximate surface area is 80.1 Å². The molecule has 0 spiro atoms. The van der Waals surface area contributed by atoms with Crippen LogP contribution < -0.4 is 15.1 Å². The summed E-state index contributed by atoms with van der Waals surface area (Å²) in [5, 5.41) is 28.7. The molecule has 2 rings (SSSR count). The molecule has 5 heteroatoms. The largest absolute Gasteiger partial charge is 0.907 e. The number of benzene rings is 1. The van der Waals surface area contributed by atoms with Gasteiger partial charge in [-0.15, -0.1) is 11.3 Å². The summed E-state index contributed by atoms with van der Waals surface area (Å²) >= 11 is 1.79. The van der Waals surface area contributed by atoms with Crippen LogP contribution in [-0.4, -0.2) is 7.32 Å².